The Morgan fingerprint density at radius 2 is 1.62 bits per heavy atom. The molecule has 172 valence electrons. The van der Waals surface area contributed by atoms with Gasteiger partial charge in [0.2, 0.25) is 0 Å². The first-order valence-corrected chi connectivity index (χ1v) is 11.9. The molecular weight excluding hydrogens is 424 g/mol. The highest BCUT2D eigenvalue weighted by molar-refractivity contribution is 6.31. The van der Waals surface area contributed by atoms with Crippen LogP contribution in [0.1, 0.15) is 28.8 Å². The summed E-state index contributed by atoms with van der Waals surface area (Å²) in [5.74, 6) is 1.35. The molecule has 0 N–H and O–H groups in total. The van der Waals surface area contributed by atoms with E-state index in [1.807, 2.05) is 23.1 Å². The molecule has 0 radical (unpaired) electrons. The van der Waals surface area contributed by atoms with Crippen molar-refractivity contribution in [1.82, 2.24) is 4.90 Å². The average molecular weight is 453 g/mol. The van der Waals surface area contributed by atoms with Crippen LogP contribution >= 0.6 is 0 Å². The summed E-state index contributed by atoms with van der Waals surface area (Å²) < 4.78 is 11.5. The largest absolute Gasteiger partial charge is 0.493 e. The Labute approximate surface area is 199 Å². The van der Waals surface area contributed by atoms with Crippen molar-refractivity contribution in [2.75, 3.05) is 32.2 Å². The predicted octanol–water partition coefficient (Wildman–Crippen LogP) is 5.64. The topological polar surface area (TPSA) is 42.0 Å². The van der Waals surface area contributed by atoms with Crippen molar-refractivity contribution in [3.63, 3.8) is 0 Å². The lowest BCUT2D eigenvalue weighted by molar-refractivity contribution is 0.0965. The molecule has 0 aliphatic carbocycles. The number of carbonyl (C=O) groups is 1. The molecule has 4 aromatic rings. The molecule has 2 aliphatic rings. The van der Waals surface area contributed by atoms with Crippen molar-refractivity contribution in [3.05, 3.63) is 77.9 Å². The molecule has 1 saturated heterocycles. The molecule has 34 heavy (non-hydrogen) atoms. The van der Waals surface area contributed by atoms with Gasteiger partial charge in [0.05, 0.1) is 25.5 Å². The van der Waals surface area contributed by atoms with Gasteiger partial charge in [0.15, 0.2) is 11.5 Å². The van der Waals surface area contributed by atoms with Crippen molar-refractivity contribution in [2.24, 2.45) is 0 Å². The van der Waals surface area contributed by atoms with E-state index >= 15 is 0 Å². The fraction of sp³-hybridized carbons (Fsp3) is 0.276. The summed E-state index contributed by atoms with van der Waals surface area (Å²) >= 11 is 0. The first kappa shape index (κ1) is 21.0. The second kappa shape index (κ2) is 8.33. The van der Waals surface area contributed by atoms with Gasteiger partial charge < -0.3 is 14.4 Å². The molecule has 1 fully saturated rings. The first-order chi connectivity index (χ1) is 16.7. The molecule has 4 aromatic carbocycles. The summed E-state index contributed by atoms with van der Waals surface area (Å²) in [4.78, 5) is 18.3. The van der Waals surface area contributed by atoms with E-state index in [2.05, 4.69) is 53.4 Å². The molecule has 6 rings (SSSR count). The number of carbonyl (C=O) groups excluding carboxylic acids is 1. The van der Waals surface area contributed by atoms with Crippen LogP contribution in [0.15, 0.2) is 66.7 Å². The molecule has 0 aromatic heterocycles. The van der Waals surface area contributed by atoms with E-state index in [1.54, 1.807) is 14.2 Å². The molecule has 1 amide bonds. The Bertz CT molecular complexity index is 1390. The number of nitrogens with zero attached hydrogens (tertiary/aromatic N) is 2. The van der Waals surface area contributed by atoms with Gasteiger partial charge in [-0.05, 0) is 41.3 Å². The third kappa shape index (κ3) is 3.23. The number of amides is 1. The van der Waals surface area contributed by atoms with Gasteiger partial charge in [-0.25, -0.2) is 0 Å². The van der Waals surface area contributed by atoms with Crippen molar-refractivity contribution in [2.45, 2.75) is 25.4 Å². The van der Waals surface area contributed by atoms with Crippen LogP contribution in [0.2, 0.25) is 0 Å². The summed E-state index contributed by atoms with van der Waals surface area (Å²) in [6.07, 6.45) is 1.91. The molecular formula is C29H28N2O3. The smallest absolute Gasteiger partial charge is 0.259 e. The highest BCUT2D eigenvalue weighted by Crippen LogP contribution is 2.50. The fourth-order valence-electron chi connectivity index (χ4n) is 5.73. The van der Waals surface area contributed by atoms with Crippen LogP contribution in [0.25, 0.3) is 21.5 Å². The third-order valence-corrected chi connectivity index (χ3v) is 7.33. The SMILES string of the molecule is COc1cc2c3c(cc4ccccc4c3c1OC)N(C1CCN(Cc3ccccc3)CC1)C2=O. The van der Waals surface area contributed by atoms with Crippen LogP contribution in [0.4, 0.5) is 5.69 Å². The Morgan fingerprint density at radius 1 is 0.882 bits per heavy atom. The Morgan fingerprint density at radius 3 is 2.35 bits per heavy atom. The number of methoxy groups -OCH3 is 2. The van der Waals surface area contributed by atoms with Gasteiger partial charge in [-0.2, -0.15) is 0 Å². The maximum atomic E-state index is 13.8. The highest BCUT2D eigenvalue weighted by Gasteiger charge is 2.38. The summed E-state index contributed by atoms with van der Waals surface area (Å²) in [5, 5.41) is 4.12. The Hall–Kier alpha value is -3.57. The van der Waals surface area contributed by atoms with E-state index in [0.717, 1.165) is 59.7 Å². The van der Waals surface area contributed by atoms with E-state index < -0.39 is 0 Å². The Kier molecular flexibility index (Phi) is 5.15. The molecule has 0 saturated carbocycles. The van der Waals surface area contributed by atoms with Gasteiger partial charge in [-0.3, -0.25) is 9.69 Å². The summed E-state index contributed by atoms with van der Waals surface area (Å²) in [6, 6.07) is 23.1. The normalized spacial score (nSPS) is 16.5. The van der Waals surface area contributed by atoms with Gasteiger partial charge in [0.1, 0.15) is 0 Å². The maximum absolute atomic E-state index is 13.8. The number of anilines is 1. The van der Waals surface area contributed by atoms with Crippen molar-refractivity contribution >= 4 is 33.1 Å². The summed E-state index contributed by atoms with van der Waals surface area (Å²) in [5.41, 5.74) is 3.04. The number of likely N-dealkylation sites (tertiary alicyclic amines) is 1. The van der Waals surface area contributed by atoms with Crippen LogP contribution in [-0.4, -0.2) is 44.2 Å². The zero-order valence-electron chi connectivity index (χ0n) is 19.6. The van der Waals surface area contributed by atoms with E-state index in [0.29, 0.717) is 17.1 Å². The standard InChI is InChI=1S/C29H28N2O3/c1-33-25-17-23-26-24(16-20-10-6-7-11-22(20)27(26)28(25)34-2)31(29(23)32)21-12-14-30(15-13-21)18-19-8-4-3-5-9-19/h3-11,16-17,21H,12-15,18H2,1-2H3. The quantitative estimate of drug-likeness (QED) is 0.368. The molecule has 0 spiro atoms. The van der Waals surface area contributed by atoms with Gasteiger partial charge in [-0.1, -0.05) is 54.6 Å². The molecule has 0 atom stereocenters. The van der Waals surface area contributed by atoms with Gasteiger partial charge in [-0.15, -0.1) is 0 Å². The lowest BCUT2D eigenvalue weighted by Gasteiger charge is -2.37. The van der Waals surface area contributed by atoms with Crippen molar-refractivity contribution in [3.8, 4) is 11.5 Å². The molecule has 0 bridgehead atoms. The summed E-state index contributed by atoms with van der Waals surface area (Å²) in [7, 11) is 3.29. The van der Waals surface area contributed by atoms with E-state index in [1.165, 1.54) is 5.56 Å². The van der Waals surface area contributed by atoms with E-state index in [9.17, 15) is 4.79 Å². The van der Waals surface area contributed by atoms with Gasteiger partial charge in [0, 0.05) is 36.4 Å². The second-order valence-electron chi connectivity index (χ2n) is 9.19. The molecule has 0 unspecified atom stereocenters. The van der Waals surface area contributed by atoms with Crippen LogP contribution in [0.3, 0.4) is 0 Å². The average Bonchev–Trinajstić information content (AvgIpc) is 3.16. The first-order valence-electron chi connectivity index (χ1n) is 11.9. The number of rotatable bonds is 5. The van der Waals surface area contributed by atoms with E-state index in [-0.39, 0.29) is 11.9 Å². The minimum Gasteiger partial charge on any atom is -0.493 e. The number of fused-ring (bicyclic) bond motifs is 2. The van der Waals surface area contributed by atoms with Crippen LogP contribution in [0, 0.1) is 0 Å². The van der Waals surface area contributed by atoms with Crippen LogP contribution in [0.5, 0.6) is 11.5 Å². The van der Waals surface area contributed by atoms with Crippen molar-refractivity contribution in [1.29, 1.82) is 0 Å². The monoisotopic (exact) mass is 452 g/mol. The molecule has 2 heterocycles. The highest BCUT2D eigenvalue weighted by atomic mass is 16.5. The minimum atomic E-state index is 0.0674. The Balaban J connectivity index is 1.39. The van der Waals surface area contributed by atoms with Crippen LogP contribution < -0.4 is 14.4 Å². The molecule has 5 heteroatoms. The van der Waals surface area contributed by atoms with E-state index in [4.69, 9.17) is 9.47 Å². The number of piperidine rings is 1. The second-order valence-corrected chi connectivity index (χ2v) is 9.19. The minimum absolute atomic E-state index is 0.0674. The predicted molar refractivity (Wildman–Crippen MR) is 136 cm³/mol. The lowest BCUT2D eigenvalue weighted by atomic mass is 9.97. The lowest BCUT2D eigenvalue weighted by Crippen LogP contribution is -2.46. The van der Waals surface area contributed by atoms with Gasteiger partial charge >= 0.3 is 0 Å². The third-order valence-electron chi connectivity index (χ3n) is 7.33. The number of benzene rings is 4. The number of hydrogen-bond donors (Lipinski definition) is 0. The summed E-state index contributed by atoms with van der Waals surface area (Å²) in [6.45, 7) is 2.91. The number of ether oxygens (including phenoxy) is 2. The molecule has 5 nitrogen and oxygen atoms in total. The zero-order valence-corrected chi connectivity index (χ0v) is 19.6. The van der Waals surface area contributed by atoms with Gasteiger partial charge in [0.25, 0.3) is 5.91 Å². The zero-order chi connectivity index (χ0) is 23.2. The van der Waals surface area contributed by atoms with Crippen molar-refractivity contribution < 1.29 is 14.3 Å². The fourth-order valence-corrected chi connectivity index (χ4v) is 5.73. The number of hydrogen-bond acceptors (Lipinski definition) is 4. The molecule has 2 aliphatic heterocycles. The van der Waals surface area contributed by atoms with Crippen LogP contribution in [-0.2, 0) is 6.54 Å². The maximum Gasteiger partial charge on any atom is 0.259 e.